The van der Waals surface area contributed by atoms with Gasteiger partial charge in [0.15, 0.2) is 11.6 Å². The summed E-state index contributed by atoms with van der Waals surface area (Å²) < 4.78 is 10.2. The van der Waals surface area contributed by atoms with Crippen molar-refractivity contribution in [3.8, 4) is 17.3 Å². The van der Waals surface area contributed by atoms with Crippen molar-refractivity contribution in [1.82, 2.24) is 44.3 Å². The maximum absolute atomic E-state index is 6.26. The number of hydrogen-bond donors (Lipinski definition) is 1. The average molecular weight is 572 g/mol. The smallest absolute Gasteiger partial charge is 0.222 e. The molecule has 3 aliphatic rings. The number of aromatic nitrogens is 7. The van der Waals surface area contributed by atoms with Crippen LogP contribution in [-0.4, -0.2) is 103 Å². The predicted octanol–water partition coefficient (Wildman–Crippen LogP) is 3.56. The van der Waals surface area contributed by atoms with E-state index in [-0.39, 0.29) is 6.04 Å². The molecule has 0 amide bonds. The van der Waals surface area contributed by atoms with Crippen LogP contribution in [0.1, 0.15) is 39.7 Å². The third-order valence-corrected chi connectivity index (χ3v) is 9.04. The van der Waals surface area contributed by atoms with Crippen molar-refractivity contribution >= 4 is 28.4 Å². The highest BCUT2D eigenvalue weighted by Crippen LogP contribution is 2.35. The molecular weight excluding hydrogens is 530 g/mol. The van der Waals surface area contributed by atoms with E-state index in [0.717, 1.165) is 54.2 Å². The van der Waals surface area contributed by atoms with Gasteiger partial charge in [0.2, 0.25) is 5.88 Å². The van der Waals surface area contributed by atoms with Crippen molar-refractivity contribution in [2.45, 2.75) is 45.7 Å². The first-order valence-corrected chi connectivity index (χ1v) is 15.3. The number of pyridine rings is 1. The van der Waals surface area contributed by atoms with Crippen LogP contribution >= 0.6 is 0 Å². The van der Waals surface area contributed by atoms with Crippen LogP contribution in [0.15, 0.2) is 30.7 Å². The molecule has 42 heavy (non-hydrogen) atoms. The number of fused-ring (bicyclic) bond motifs is 5. The van der Waals surface area contributed by atoms with E-state index in [4.69, 9.17) is 19.8 Å². The first kappa shape index (κ1) is 27.1. The normalized spacial score (nSPS) is 21.9. The van der Waals surface area contributed by atoms with Crippen LogP contribution in [0.25, 0.3) is 22.3 Å². The summed E-state index contributed by atoms with van der Waals surface area (Å²) in [5.74, 6) is 4.30. The predicted molar refractivity (Wildman–Crippen MR) is 163 cm³/mol. The molecule has 0 aromatic carbocycles. The van der Waals surface area contributed by atoms with E-state index < -0.39 is 0 Å². The Hall–Kier alpha value is -3.77. The summed E-state index contributed by atoms with van der Waals surface area (Å²) in [7, 11) is 1.88. The van der Waals surface area contributed by atoms with Crippen molar-refractivity contribution in [2.75, 3.05) is 62.6 Å². The van der Waals surface area contributed by atoms with Gasteiger partial charge < -0.3 is 19.9 Å². The highest BCUT2D eigenvalue weighted by molar-refractivity contribution is 5.92. The van der Waals surface area contributed by atoms with Crippen LogP contribution < -0.4 is 15.0 Å². The molecule has 2 saturated heterocycles. The Bertz CT molecular complexity index is 1550. The number of aryl methyl sites for hydroxylation is 1. The molecule has 3 aliphatic heterocycles. The lowest BCUT2D eigenvalue weighted by atomic mass is 10.1. The quantitative estimate of drug-likeness (QED) is 0.391. The molecule has 0 spiro atoms. The Morgan fingerprint density at radius 3 is 2.74 bits per heavy atom. The average Bonchev–Trinajstić information content (AvgIpc) is 3.70. The molecule has 4 aromatic rings. The van der Waals surface area contributed by atoms with Gasteiger partial charge in [0, 0.05) is 83.8 Å². The fourth-order valence-corrected chi connectivity index (χ4v) is 6.54. The summed E-state index contributed by atoms with van der Waals surface area (Å²) in [6.45, 7) is 15.2. The molecule has 12 nitrogen and oxygen atoms in total. The Morgan fingerprint density at radius 2 is 1.90 bits per heavy atom. The van der Waals surface area contributed by atoms with Gasteiger partial charge >= 0.3 is 0 Å². The van der Waals surface area contributed by atoms with E-state index in [0.29, 0.717) is 36.1 Å². The van der Waals surface area contributed by atoms with Gasteiger partial charge in [0.25, 0.3) is 0 Å². The fourth-order valence-electron chi connectivity index (χ4n) is 6.54. The molecule has 12 heteroatoms. The first-order valence-electron chi connectivity index (χ1n) is 15.3. The number of nitrogens with one attached hydrogen (secondary N) is 1. The molecule has 4 aromatic heterocycles. The highest BCUT2D eigenvalue weighted by atomic mass is 16.5. The third-order valence-electron chi connectivity index (χ3n) is 9.04. The van der Waals surface area contributed by atoms with Crippen molar-refractivity contribution < 1.29 is 4.74 Å². The van der Waals surface area contributed by atoms with Gasteiger partial charge in [0.1, 0.15) is 17.2 Å². The van der Waals surface area contributed by atoms with Crippen molar-refractivity contribution in [3.05, 3.63) is 30.7 Å². The number of piperazine rings is 1. The number of nitrogens with zero attached hydrogens (tertiary/aromatic N) is 10. The lowest BCUT2D eigenvalue weighted by Crippen LogP contribution is -2.50. The second-order valence-corrected chi connectivity index (χ2v) is 12.2. The summed E-state index contributed by atoms with van der Waals surface area (Å²) in [4.78, 5) is 21.7. The van der Waals surface area contributed by atoms with E-state index in [1.54, 1.807) is 17.1 Å². The van der Waals surface area contributed by atoms with Crippen LogP contribution in [0.2, 0.25) is 0 Å². The molecule has 0 aliphatic carbocycles. The molecule has 0 radical (unpaired) electrons. The van der Waals surface area contributed by atoms with Gasteiger partial charge in [-0.1, -0.05) is 0 Å². The summed E-state index contributed by atoms with van der Waals surface area (Å²) in [5.41, 5.74) is 1.83. The van der Waals surface area contributed by atoms with E-state index >= 15 is 0 Å². The minimum absolute atomic E-state index is 0.126. The number of rotatable bonds is 4. The first-order chi connectivity index (χ1) is 20.4. The lowest BCUT2D eigenvalue weighted by Gasteiger charge is -2.37. The second-order valence-electron chi connectivity index (χ2n) is 12.2. The zero-order valence-electron chi connectivity index (χ0n) is 25.1. The van der Waals surface area contributed by atoms with Crippen molar-refractivity contribution in [3.63, 3.8) is 0 Å². The Morgan fingerprint density at radius 1 is 1.05 bits per heavy atom. The van der Waals surface area contributed by atoms with E-state index in [9.17, 15) is 0 Å². The van der Waals surface area contributed by atoms with Gasteiger partial charge in [-0.15, -0.1) is 0 Å². The van der Waals surface area contributed by atoms with E-state index in [1.807, 2.05) is 19.3 Å². The number of anilines is 3. The molecule has 7 rings (SSSR count). The van der Waals surface area contributed by atoms with Gasteiger partial charge in [0.05, 0.1) is 29.7 Å². The van der Waals surface area contributed by atoms with Crippen LogP contribution in [0.4, 0.5) is 17.5 Å². The Kier molecular flexibility index (Phi) is 7.19. The molecule has 2 fully saturated rings. The standard InChI is InChI=1S/C30H41N11O/c1-20(2)39-12-10-38(11-13-39)18-22-6-9-40(19-22)29-23-16-32-27-15-25(23)41(36-29)21(3)7-14-42-30-24(17-33-37(30)4)28-31-8-5-26(34-27)35-28/h5,8,15-17,20-22H,6-7,9-14,18-19H2,1-4H3,(H,31,32,34,35)/t21-,22?/m0/s1. The molecule has 4 bridgehead atoms. The fraction of sp³-hybridized carbons (Fsp3) is 0.567. The van der Waals surface area contributed by atoms with E-state index in [1.165, 1.54) is 32.6 Å². The maximum atomic E-state index is 6.26. The largest absolute Gasteiger partial charge is 0.477 e. The summed E-state index contributed by atoms with van der Waals surface area (Å²) in [6.07, 6.45) is 7.44. The molecule has 0 saturated carbocycles. The molecule has 7 heterocycles. The Labute approximate surface area is 246 Å². The van der Waals surface area contributed by atoms with Gasteiger partial charge in [-0.3, -0.25) is 9.58 Å². The topological polar surface area (TPSA) is 105 Å². The van der Waals surface area contributed by atoms with Crippen LogP contribution in [-0.2, 0) is 7.05 Å². The number of ether oxygens (including phenoxy) is 1. The zero-order chi connectivity index (χ0) is 28.8. The van der Waals surface area contributed by atoms with Gasteiger partial charge in [-0.2, -0.15) is 10.2 Å². The van der Waals surface area contributed by atoms with Gasteiger partial charge in [-0.05, 0) is 39.2 Å². The van der Waals surface area contributed by atoms with Gasteiger partial charge in [-0.25, -0.2) is 19.6 Å². The van der Waals surface area contributed by atoms with Crippen molar-refractivity contribution in [1.29, 1.82) is 0 Å². The molecule has 1 N–H and O–H groups in total. The zero-order valence-corrected chi connectivity index (χ0v) is 25.1. The van der Waals surface area contributed by atoms with Crippen LogP contribution in [0.3, 0.4) is 0 Å². The molecule has 1 unspecified atom stereocenters. The van der Waals surface area contributed by atoms with E-state index in [2.05, 4.69) is 61.6 Å². The highest BCUT2D eigenvalue weighted by Gasteiger charge is 2.30. The SMILES string of the molecule is CC(C)N1CCN(CC2CCN(c3nn4c5cc(ncc35)Nc3ccnc(n3)-c3cnn(C)c3OCC[C@@H]4C)C2)CC1. The minimum atomic E-state index is 0.126. The lowest BCUT2D eigenvalue weighted by molar-refractivity contribution is 0.0989. The third kappa shape index (κ3) is 5.17. The van der Waals surface area contributed by atoms with Crippen LogP contribution in [0, 0.1) is 5.92 Å². The maximum Gasteiger partial charge on any atom is 0.222 e. The monoisotopic (exact) mass is 571 g/mol. The molecule has 2 atom stereocenters. The van der Waals surface area contributed by atoms with Crippen molar-refractivity contribution in [2.24, 2.45) is 13.0 Å². The molecular formula is C30H41N11O. The minimum Gasteiger partial charge on any atom is -0.477 e. The summed E-state index contributed by atoms with van der Waals surface area (Å²) in [5, 5.41) is 14.1. The van der Waals surface area contributed by atoms with Crippen LogP contribution in [0.5, 0.6) is 5.88 Å². The Balaban J connectivity index is 1.15. The second kappa shape index (κ2) is 11.1. The molecule has 222 valence electrons. The number of hydrogen-bond acceptors (Lipinski definition) is 10. The summed E-state index contributed by atoms with van der Waals surface area (Å²) >= 11 is 0. The summed E-state index contributed by atoms with van der Waals surface area (Å²) in [6, 6.07) is 4.69.